The van der Waals surface area contributed by atoms with Crippen molar-refractivity contribution < 1.29 is 9.90 Å². The van der Waals surface area contributed by atoms with Gasteiger partial charge in [0.15, 0.2) is 4.60 Å². The van der Waals surface area contributed by atoms with Gasteiger partial charge in [-0.15, -0.1) is 5.10 Å². The van der Waals surface area contributed by atoms with E-state index in [1.165, 1.54) is 0 Å². The van der Waals surface area contributed by atoms with Gasteiger partial charge < -0.3 is 5.11 Å². The highest BCUT2D eigenvalue weighted by molar-refractivity contribution is 9.10. The van der Waals surface area contributed by atoms with Crippen molar-refractivity contribution in [3.05, 3.63) is 34.4 Å². The van der Waals surface area contributed by atoms with Crippen LogP contribution in [0, 0.1) is 0 Å². The van der Waals surface area contributed by atoms with Gasteiger partial charge in [0.2, 0.25) is 0 Å². The van der Waals surface area contributed by atoms with E-state index in [-0.39, 0.29) is 5.56 Å². The third-order valence-electron chi connectivity index (χ3n) is 2.17. The number of aromatic carboxylic acids is 1. The van der Waals surface area contributed by atoms with Crippen molar-refractivity contribution in [2.75, 3.05) is 0 Å². The summed E-state index contributed by atoms with van der Waals surface area (Å²) in [6, 6.07) is 6.64. The molecule has 1 aromatic carbocycles. The second-order valence-electron chi connectivity index (χ2n) is 3.24. The maximum Gasteiger partial charge on any atom is 0.335 e. The van der Waals surface area contributed by atoms with Gasteiger partial charge in [0.1, 0.15) is 5.69 Å². The molecule has 0 amide bonds. The molecule has 0 spiro atoms. The molecule has 0 atom stereocenters. The summed E-state index contributed by atoms with van der Waals surface area (Å²) in [4.78, 5) is 10.8. The van der Waals surface area contributed by atoms with Crippen LogP contribution in [-0.4, -0.2) is 26.1 Å². The fraction of sp³-hybridized carbons (Fsp3) is 0.100. The quantitative estimate of drug-likeness (QED) is 0.914. The highest BCUT2D eigenvalue weighted by atomic mass is 79.9. The maximum absolute atomic E-state index is 10.8. The number of halogens is 1. The lowest BCUT2D eigenvalue weighted by atomic mass is 10.1. The second-order valence-corrected chi connectivity index (χ2v) is 3.99. The summed E-state index contributed by atoms with van der Waals surface area (Å²) in [6.07, 6.45) is 0. The molecule has 5 nitrogen and oxygen atoms in total. The van der Waals surface area contributed by atoms with Crippen LogP contribution in [0.25, 0.3) is 11.3 Å². The summed E-state index contributed by atoms with van der Waals surface area (Å²) in [6.45, 7) is 0. The average molecular weight is 282 g/mol. The van der Waals surface area contributed by atoms with E-state index < -0.39 is 5.97 Å². The molecular formula is C10H8BrN3O2. The molecule has 0 aliphatic rings. The molecule has 1 N–H and O–H groups in total. The van der Waals surface area contributed by atoms with Crippen LogP contribution in [-0.2, 0) is 7.05 Å². The molecule has 0 radical (unpaired) electrons. The zero-order valence-corrected chi connectivity index (χ0v) is 9.97. The molecule has 2 aromatic rings. The van der Waals surface area contributed by atoms with Gasteiger partial charge in [-0.25, -0.2) is 9.48 Å². The monoisotopic (exact) mass is 281 g/mol. The SMILES string of the molecule is Cn1nnc(Br)c1-c1cccc(C(=O)O)c1. The molecule has 1 heterocycles. The molecule has 16 heavy (non-hydrogen) atoms. The summed E-state index contributed by atoms with van der Waals surface area (Å²) in [7, 11) is 1.75. The first-order valence-corrected chi connectivity index (χ1v) is 5.28. The van der Waals surface area contributed by atoms with Gasteiger partial charge in [-0.1, -0.05) is 17.3 Å². The van der Waals surface area contributed by atoms with E-state index in [2.05, 4.69) is 26.2 Å². The number of nitrogens with zero attached hydrogens (tertiary/aromatic N) is 3. The fourth-order valence-corrected chi connectivity index (χ4v) is 1.99. The molecule has 1 aromatic heterocycles. The topological polar surface area (TPSA) is 68.0 Å². The Morgan fingerprint density at radius 2 is 2.25 bits per heavy atom. The predicted molar refractivity (Wildman–Crippen MR) is 61.1 cm³/mol. The van der Waals surface area contributed by atoms with Gasteiger partial charge in [0, 0.05) is 12.6 Å². The number of carbonyl (C=O) groups is 1. The summed E-state index contributed by atoms with van der Waals surface area (Å²) in [5, 5.41) is 16.6. The van der Waals surface area contributed by atoms with Crippen molar-refractivity contribution in [1.29, 1.82) is 0 Å². The first-order chi connectivity index (χ1) is 7.59. The number of carboxylic acids is 1. The molecular weight excluding hydrogens is 274 g/mol. The standard InChI is InChI=1S/C10H8BrN3O2/c1-14-8(9(11)12-13-14)6-3-2-4-7(5-6)10(15)16/h2-5H,1H3,(H,15,16). The van der Waals surface area contributed by atoms with Crippen LogP contribution in [0.4, 0.5) is 0 Å². The molecule has 0 bridgehead atoms. The maximum atomic E-state index is 10.8. The van der Waals surface area contributed by atoms with Crippen LogP contribution in [0.15, 0.2) is 28.9 Å². The van der Waals surface area contributed by atoms with Gasteiger partial charge in [-0.2, -0.15) is 0 Å². The number of hydrogen-bond acceptors (Lipinski definition) is 3. The van der Waals surface area contributed by atoms with Gasteiger partial charge in [-0.3, -0.25) is 0 Å². The summed E-state index contributed by atoms with van der Waals surface area (Å²) < 4.78 is 2.18. The van der Waals surface area contributed by atoms with Crippen molar-refractivity contribution in [1.82, 2.24) is 15.0 Å². The number of hydrogen-bond donors (Lipinski definition) is 1. The van der Waals surface area contributed by atoms with Gasteiger partial charge in [-0.05, 0) is 28.1 Å². The van der Waals surface area contributed by atoms with Crippen LogP contribution >= 0.6 is 15.9 Å². The molecule has 0 unspecified atom stereocenters. The number of aryl methyl sites for hydroxylation is 1. The average Bonchev–Trinajstić information content (AvgIpc) is 2.59. The van der Waals surface area contributed by atoms with E-state index in [0.717, 1.165) is 11.3 Å². The first kappa shape index (κ1) is 10.8. The minimum Gasteiger partial charge on any atom is -0.478 e. The molecule has 82 valence electrons. The molecule has 0 saturated carbocycles. The second kappa shape index (κ2) is 4.05. The Morgan fingerprint density at radius 1 is 1.50 bits per heavy atom. The van der Waals surface area contributed by atoms with Crippen molar-refractivity contribution in [2.24, 2.45) is 7.05 Å². The van der Waals surface area contributed by atoms with E-state index >= 15 is 0 Å². The minimum atomic E-state index is -0.951. The largest absolute Gasteiger partial charge is 0.478 e. The fourth-order valence-electron chi connectivity index (χ4n) is 1.44. The highest BCUT2D eigenvalue weighted by Crippen LogP contribution is 2.26. The van der Waals surface area contributed by atoms with Crippen molar-refractivity contribution in [3.63, 3.8) is 0 Å². The number of carboxylic acid groups (broad SMARTS) is 1. The Morgan fingerprint density at radius 3 is 2.81 bits per heavy atom. The first-order valence-electron chi connectivity index (χ1n) is 4.48. The van der Waals surface area contributed by atoms with Crippen LogP contribution in [0.1, 0.15) is 10.4 Å². The van der Waals surface area contributed by atoms with Crippen molar-refractivity contribution >= 4 is 21.9 Å². The lowest BCUT2D eigenvalue weighted by Crippen LogP contribution is -1.98. The lowest BCUT2D eigenvalue weighted by Gasteiger charge is -2.02. The van der Waals surface area contributed by atoms with Crippen LogP contribution in [0.5, 0.6) is 0 Å². The number of rotatable bonds is 2. The number of benzene rings is 1. The predicted octanol–water partition coefficient (Wildman–Crippen LogP) is 1.94. The Hall–Kier alpha value is -1.69. The van der Waals surface area contributed by atoms with E-state index in [1.807, 2.05) is 6.07 Å². The van der Waals surface area contributed by atoms with Gasteiger partial charge in [0.25, 0.3) is 0 Å². The normalized spacial score (nSPS) is 10.4. The molecule has 6 heteroatoms. The third-order valence-corrected chi connectivity index (χ3v) is 2.70. The molecule has 0 saturated heterocycles. The zero-order valence-electron chi connectivity index (χ0n) is 8.38. The van der Waals surface area contributed by atoms with E-state index in [9.17, 15) is 4.79 Å². The Kier molecular flexibility index (Phi) is 2.74. The van der Waals surface area contributed by atoms with Gasteiger partial charge >= 0.3 is 5.97 Å². The molecule has 2 rings (SSSR count). The highest BCUT2D eigenvalue weighted by Gasteiger charge is 2.12. The van der Waals surface area contributed by atoms with E-state index in [1.54, 1.807) is 29.9 Å². The summed E-state index contributed by atoms with van der Waals surface area (Å²) in [5.74, 6) is -0.951. The number of aromatic nitrogens is 3. The summed E-state index contributed by atoms with van der Waals surface area (Å²) >= 11 is 3.27. The van der Waals surface area contributed by atoms with Crippen LogP contribution in [0.3, 0.4) is 0 Å². The zero-order chi connectivity index (χ0) is 11.7. The van der Waals surface area contributed by atoms with E-state index in [0.29, 0.717) is 4.60 Å². The Labute approximate surface area is 99.8 Å². The smallest absolute Gasteiger partial charge is 0.335 e. The van der Waals surface area contributed by atoms with E-state index in [4.69, 9.17) is 5.11 Å². The van der Waals surface area contributed by atoms with Gasteiger partial charge in [0.05, 0.1) is 5.56 Å². The van der Waals surface area contributed by atoms with Crippen molar-refractivity contribution in [2.45, 2.75) is 0 Å². The molecule has 0 fully saturated rings. The summed E-state index contributed by atoms with van der Waals surface area (Å²) in [5.41, 5.74) is 1.76. The Bertz CT molecular complexity index is 531. The van der Waals surface area contributed by atoms with Crippen LogP contribution < -0.4 is 0 Å². The molecule has 0 aliphatic heterocycles. The minimum absolute atomic E-state index is 0.241. The lowest BCUT2D eigenvalue weighted by molar-refractivity contribution is 0.0697. The van der Waals surface area contributed by atoms with Crippen LogP contribution in [0.2, 0.25) is 0 Å². The molecule has 0 aliphatic carbocycles. The van der Waals surface area contributed by atoms with Crippen molar-refractivity contribution in [3.8, 4) is 11.3 Å². The Balaban J connectivity index is 2.57. The third kappa shape index (κ3) is 1.83.